The number of nitrogens with zero attached hydrogens (tertiary/aromatic N) is 2. The zero-order chi connectivity index (χ0) is 16.5. The van der Waals surface area contributed by atoms with Crippen molar-refractivity contribution in [2.75, 3.05) is 19.9 Å². The van der Waals surface area contributed by atoms with Crippen LogP contribution in [0.5, 0.6) is 0 Å². The molecule has 1 atom stereocenters. The zero-order valence-electron chi connectivity index (χ0n) is 15.6. The lowest BCUT2D eigenvalue weighted by Gasteiger charge is -2.39. The van der Waals surface area contributed by atoms with Crippen molar-refractivity contribution in [1.29, 1.82) is 0 Å². The van der Waals surface area contributed by atoms with Crippen molar-refractivity contribution >= 4 is 14.0 Å². The Morgan fingerprint density at radius 2 is 1.64 bits per heavy atom. The Labute approximate surface area is 138 Å². The summed E-state index contributed by atoms with van der Waals surface area (Å²) in [6.07, 6.45) is 6.76. The molecule has 0 saturated heterocycles. The van der Waals surface area contributed by atoms with Gasteiger partial charge in [0.15, 0.2) is 0 Å². The first-order valence-electron chi connectivity index (χ1n) is 8.82. The smallest absolute Gasteiger partial charge is 0.132 e. The number of rotatable bonds is 4. The molecule has 0 aromatic rings. The molecule has 0 spiro atoms. The highest BCUT2D eigenvalue weighted by atomic mass is 31.1. The van der Waals surface area contributed by atoms with Crippen molar-refractivity contribution in [3.8, 4) is 0 Å². The molecule has 3 nitrogen and oxygen atoms in total. The molecular formula is C18H35N2OP. The highest BCUT2D eigenvalue weighted by molar-refractivity contribution is 7.50. The molecule has 0 bridgehead atoms. The molecular weight excluding hydrogens is 291 g/mol. The van der Waals surface area contributed by atoms with Crippen molar-refractivity contribution < 1.29 is 4.52 Å². The van der Waals surface area contributed by atoms with Gasteiger partial charge in [0.25, 0.3) is 0 Å². The first-order chi connectivity index (χ1) is 10.1. The molecule has 2 aliphatic rings. The third-order valence-corrected chi connectivity index (χ3v) is 5.71. The van der Waals surface area contributed by atoms with Crippen LogP contribution in [-0.4, -0.2) is 48.3 Å². The molecule has 1 aliphatic heterocycles. The molecule has 1 heterocycles. The van der Waals surface area contributed by atoms with E-state index in [1.54, 1.807) is 0 Å². The Morgan fingerprint density at radius 3 is 2.14 bits per heavy atom. The van der Waals surface area contributed by atoms with E-state index in [0.717, 1.165) is 6.54 Å². The molecule has 0 aromatic carbocycles. The van der Waals surface area contributed by atoms with Gasteiger partial charge < -0.3 is 9.42 Å². The van der Waals surface area contributed by atoms with Crippen molar-refractivity contribution in [3.05, 3.63) is 0 Å². The Bertz CT molecular complexity index is 406. The van der Waals surface area contributed by atoms with Gasteiger partial charge in [-0.2, -0.15) is 0 Å². The van der Waals surface area contributed by atoms with Gasteiger partial charge in [0.05, 0.1) is 6.04 Å². The standard InChI is InChI=1S/C18H35N2OP/c1-17(2,3)15-13-20(14-11-9-8-10-12-14)16(19-15)18(4,5)21-22(6)7/h14-15H,8-13H2,1-7H3/t15-/m1/s1. The zero-order valence-corrected chi connectivity index (χ0v) is 16.5. The molecule has 1 fully saturated rings. The van der Waals surface area contributed by atoms with Gasteiger partial charge in [-0.1, -0.05) is 40.0 Å². The quantitative estimate of drug-likeness (QED) is 0.686. The second-order valence-corrected chi connectivity index (χ2v) is 10.5. The van der Waals surface area contributed by atoms with Crippen LogP contribution in [0.15, 0.2) is 4.99 Å². The van der Waals surface area contributed by atoms with Gasteiger partial charge in [0, 0.05) is 20.7 Å². The van der Waals surface area contributed by atoms with Crippen molar-refractivity contribution in [2.24, 2.45) is 10.4 Å². The van der Waals surface area contributed by atoms with E-state index in [1.165, 1.54) is 37.9 Å². The summed E-state index contributed by atoms with van der Waals surface area (Å²) in [6, 6.07) is 1.05. The minimum Gasteiger partial charge on any atom is -0.353 e. The molecule has 0 unspecified atom stereocenters. The third kappa shape index (κ3) is 4.23. The molecule has 2 rings (SSSR count). The first-order valence-corrected chi connectivity index (χ1v) is 11.0. The second kappa shape index (κ2) is 6.77. The van der Waals surface area contributed by atoms with Gasteiger partial charge in [-0.15, -0.1) is 0 Å². The fourth-order valence-corrected chi connectivity index (χ4v) is 4.71. The lowest BCUT2D eigenvalue weighted by molar-refractivity contribution is 0.163. The molecule has 22 heavy (non-hydrogen) atoms. The summed E-state index contributed by atoms with van der Waals surface area (Å²) >= 11 is 0. The SMILES string of the molecule is CP(C)OC(C)(C)C1=N[C@@H](C(C)(C)C)CN1C1CCCCC1. The number of amidine groups is 1. The minimum atomic E-state index is -0.391. The monoisotopic (exact) mass is 326 g/mol. The number of hydrogen-bond acceptors (Lipinski definition) is 3. The van der Waals surface area contributed by atoms with Gasteiger partial charge in [0.2, 0.25) is 0 Å². The number of hydrogen-bond donors (Lipinski definition) is 0. The van der Waals surface area contributed by atoms with Gasteiger partial charge in [-0.05, 0) is 45.4 Å². The van der Waals surface area contributed by atoms with Crippen LogP contribution in [0.1, 0.15) is 66.7 Å². The summed E-state index contributed by atoms with van der Waals surface area (Å²) in [4.78, 5) is 7.77. The Balaban J connectivity index is 2.25. The van der Waals surface area contributed by atoms with E-state index in [2.05, 4.69) is 52.8 Å². The molecule has 4 heteroatoms. The molecule has 1 aliphatic carbocycles. The van der Waals surface area contributed by atoms with Gasteiger partial charge in [0.1, 0.15) is 11.4 Å². The molecule has 0 N–H and O–H groups in total. The predicted molar refractivity (Wildman–Crippen MR) is 98.2 cm³/mol. The largest absolute Gasteiger partial charge is 0.353 e. The minimum absolute atomic E-state index is 0.216. The fourth-order valence-electron chi connectivity index (χ4n) is 3.72. The summed E-state index contributed by atoms with van der Waals surface area (Å²) < 4.78 is 6.30. The van der Waals surface area contributed by atoms with Crippen LogP contribution in [0.3, 0.4) is 0 Å². The number of aliphatic imine (C=N–C) groups is 1. The first kappa shape index (κ1) is 18.2. The van der Waals surface area contributed by atoms with Gasteiger partial charge in [-0.3, -0.25) is 4.99 Å². The Kier molecular flexibility index (Phi) is 5.60. The highest BCUT2D eigenvalue weighted by Crippen LogP contribution is 2.39. The van der Waals surface area contributed by atoms with Crippen LogP contribution in [0, 0.1) is 5.41 Å². The maximum atomic E-state index is 6.30. The molecule has 1 saturated carbocycles. The van der Waals surface area contributed by atoms with E-state index in [9.17, 15) is 0 Å². The normalized spacial score (nSPS) is 25.0. The summed E-state index contributed by atoms with van der Waals surface area (Å²) in [5.41, 5.74) is -0.0550. The van der Waals surface area contributed by atoms with E-state index in [1.807, 2.05) is 0 Å². The van der Waals surface area contributed by atoms with E-state index in [4.69, 9.17) is 9.52 Å². The molecule has 0 amide bonds. The summed E-state index contributed by atoms with van der Waals surface area (Å²) in [7, 11) is -0.391. The van der Waals surface area contributed by atoms with Crippen LogP contribution in [0.2, 0.25) is 0 Å². The van der Waals surface area contributed by atoms with Crippen molar-refractivity contribution in [3.63, 3.8) is 0 Å². The highest BCUT2D eigenvalue weighted by Gasteiger charge is 2.43. The summed E-state index contributed by atoms with van der Waals surface area (Å²) in [6.45, 7) is 16.8. The Hall–Kier alpha value is -0.140. The van der Waals surface area contributed by atoms with E-state index >= 15 is 0 Å². The predicted octanol–water partition coefficient (Wildman–Crippen LogP) is 4.90. The summed E-state index contributed by atoms with van der Waals surface area (Å²) in [5, 5.41) is 0. The lowest BCUT2D eigenvalue weighted by atomic mass is 9.87. The van der Waals surface area contributed by atoms with E-state index in [0.29, 0.717) is 12.1 Å². The lowest BCUT2D eigenvalue weighted by Crippen LogP contribution is -2.49. The second-order valence-electron chi connectivity index (χ2n) is 8.69. The average Bonchev–Trinajstić information content (AvgIpc) is 2.84. The van der Waals surface area contributed by atoms with Crippen LogP contribution >= 0.6 is 8.15 Å². The van der Waals surface area contributed by atoms with Crippen LogP contribution in [0.25, 0.3) is 0 Å². The van der Waals surface area contributed by atoms with Crippen molar-refractivity contribution in [1.82, 2.24) is 4.90 Å². The van der Waals surface area contributed by atoms with Crippen molar-refractivity contribution in [2.45, 2.75) is 84.4 Å². The van der Waals surface area contributed by atoms with Gasteiger partial charge >= 0.3 is 0 Å². The maximum absolute atomic E-state index is 6.30. The van der Waals surface area contributed by atoms with Crippen LogP contribution in [-0.2, 0) is 4.52 Å². The fraction of sp³-hybridized carbons (Fsp3) is 0.944. The van der Waals surface area contributed by atoms with Gasteiger partial charge in [-0.25, -0.2) is 0 Å². The third-order valence-electron chi connectivity index (χ3n) is 4.88. The average molecular weight is 326 g/mol. The summed E-state index contributed by atoms with van der Waals surface area (Å²) in [5.74, 6) is 1.20. The Morgan fingerprint density at radius 1 is 1.05 bits per heavy atom. The molecule has 0 radical (unpaired) electrons. The maximum Gasteiger partial charge on any atom is 0.132 e. The van der Waals surface area contributed by atoms with E-state index in [-0.39, 0.29) is 11.0 Å². The van der Waals surface area contributed by atoms with E-state index < -0.39 is 8.15 Å². The molecule has 0 aromatic heterocycles. The van der Waals surface area contributed by atoms with Crippen LogP contribution < -0.4 is 0 Å². The topological polar surface area (TPSA) is 24.8 Å². The molecule has 128 valence electrons. The van der Waals surface area contributed by atoms with Crippen LogP contribution in [0.4, 0.5) is 0 Å².